The minimum Gasteiger partial charge on any atom is -0.494 e. The van der Waals surface area contributed by atoms with Crippen molar-refractivity contribution in [1.29, 1.82) is 0 Å². The van der Waals surface area contributed by atoms with Crippen molar-refractivity contribution in [2.75, 3.05) is 24.5 Å². The molecular formula is C34H37N3O5S. The number of sulfonamides is 1. The second kappa shape index (κ2) is 14.5. The number of carbonyl (C=O) groups is 2. The molecular weight excluding hydrogens is 562 g/mol. The molecule has 4 rings (SSSR count). The van der Waals surface area contributed by atoms with Crippen LogP contribution in [0.1, 0.15) is 23.6 Å². The molecule has 0 spiro atoms. The number of hydrogen-bond acceptors (Lipinski definition) is 5. The van der Waals surface area contributed by atoms with Crippen molar-refractivity contribution in [2.24, 2.45) is 0 Å². The second-order valence-corrected chi connectivity index (χ2v) is 11.9. The monoisotopic (exact) mass is 599 g/mol. The van der Waals surface area contributed by atoms with E-state index in [1.165, 1.54) is 24.1 Å². The molecule has 0 heterocycles. The number of ether oxygens (including phenoxy) is 1. The van der Waals surface area contributed by atoms with Crippen LogP contribution in [0.4, 0.5) is 5.69 Å². The SMILES string of the molecule is CCOc1ccc(N(CC(=O)N(Cc2ccc(C)cc2)C(Cc2ccccc2)C(=O)NC)S(=O)(=O)c2ccccc2)cc1. The minimum absolute atomic E-state index is 0.0499. The average Bonchev–Trinajstić information content (AvgIpc) is 3.03. The van der Waals surface area contributed by atoms with Crippen molar-refractivity contribution in [2.45, 2.75) is 37.8 Å². The first-order chi connectivity index (χ1) is 20.7. The minimum atomic E-state index is -4.15. The third-order valence-corrected chi connectivity index (χ3v) is 8.82. The highest BCUT2D eigenvalue weighted by Crippen LogP contribution is 2.27. The van der Waals surface area contributed by atoms with Gasteiger partial charge >= 0.3 is 0 Å². The highest BCUT2D eigenvalue weighted by atomic mass is 32.2. The summed E-state index contributed by atoms with van der Waals surface area (Å²) in [7, 11) is -2.62. The molecule has 1 atom stereocenters. The Morgan fingerprint density at radius 3 is 2.00 bits per heavy atom. The third kappa shape index (κ3) is 8.02. The Hall–Kier alpha value is -4.63. The van der Waals surface area contributed by atoms with Gasteiger partial charge in [-0.1, -0.05) is 78.4 Å². The van der Waals surface area contributed by atoms with E-state index >= 15 is 0 Å². The number of amides is 2. The Labute approximate surface area is 254 Å². The second-order valence-electron chi connectivity index (χ2n) is 10.1. The molecule has 0 aliphatic carbocycles. The maximum atomic E-state index is 14.3. The fourth-order valence-corrected chi connectivity index (χ4v) is 6.17. The molecule has 0 fully saturated rings. The van der Waals surface area contributed by atoms with Crippen molar-refractivity contribution in [3.63, 3.8) is 0 Å². The van der Waals surface area contributed by atoms with Gasteiger partial charge in [-0.3, -0.25) is 13.9 Å². The van der Waals surface area contributed by atoms with Crippen LogP contribution < -0.4 is 14.4 Å². The molecule has 9 heteroatoms. The van der Waals surface area contributed by atoms with E-state index in [4.69, 9.17) is 4.74 Å². The Kier molecular flexibility index (Phi) is 10.6. The van der Waals surface area contributed by atoms with Crippen LogP contribution in [0.2, 0.25) is 0 Å². The predicted molar refractivity (Wildman–Crippen MR) is 168 cm³/mol. The number of hydrogen-bond donors (Lipinski definition) is 1. The van der Waals surface area contributed by atoms with Crippen LogP contribution in [-0.4, -0.2) is 51.4 Å². The predicted octanol–water partition coefficient (Wildman–Crippen LogP) is 4.98. The molecule has 0 radical (unpaired) electrons. The molecule has 43 heavy (non-hydrogen) atoms. The number of rotatable bonds is 13. The van der Waals surface area contributed by atoms with Gasteiger partial charge in [0.25, 0.3) is 10.0 Å². The van der Waals surface area contributed by atoms with E-state index < -0.39 is 28.5 Å². The van der Waals surface area contributed by atoms with E-state index in [9.17, 15) is 18.0 Å². The largest absolute Gasteiger partial charge is 0.494 e. The molecule has 4 aromatic carbocycles. The fraction of sp³-hybridized carbons (Fsp3) is 0.235. The molecule has 0 aliphatic heterocycles. The maximum Gasteiger partial charge on any atom is 0.264 e. The summed E-state index contributed by atoms with van der Waals surface area (Å²) in [4.78, 5) is 29.2. The normalized spacial score (nSPS) is 11.8. The van der Waals surface area contributed by atoms with Crippen molar-refractivity contribution in [3.8, 4) is 5.75 Å². The lowest BCUT2D eigenvalue weighted by Gasteiger charge is -2.33. The summed E-state index contributed by atoms with van der Waals surface area (Å²) in [6.07, 6.45) is 0.257. The smallest absolute Gasteiger partial charge is 0.264 e. The number of likely N-dealkylation sites (N-methyl/N-ethyl adjacent to an activating group) is 1. The van der Waals surface area contributed by atoms with Crippen molar-refractivity contribution in [1.82, 2.24) is 10.2 Å². The molecule has 0 saturated carbocycles. The summed E-state index contributed by atoms with van der Waals surface area (Å²) < 4.78 is 34.6. The van der Waals surface area contributed by atoms with Crippen LogP contribution in [0.25, 0.3) is 0 Å². The standard InChI is InChI=1S/C34H37N3O5S/c1-4-42-30-21-19-29(20-22-30)37(43(40,41)31-13-9-6-10-14-31)25-33(38)36(24-28-17-15-26(2)16-18-28)32(34(39)35-3)23-27-11-7-5-8-12-27/h5-22,32H,4,23-25H2,1-3H3,(H,35,39). The Morgan fingerprint density at radius 1 is 0.814 bits per heavy atom. The van der Waals surface area contributed by atoms with Crippen LogP contribution in [0.3, 0.4) is 0 Å². The third-order valence-electron chi connectivity index (χ3n) is 7.04. The van der Waals surface area contributed by atoms with Gasteiger partial charge in [0, 0.05) is 20.0 Å². The number of nitrogens with zero attached hydrogens (tertiary/aromatic N) is 2. The number of aryl methyl sites for hydroxylation is 1. The van der Waals surface area contributed by atoms with E-state index in [0.717, 1.165) is 21.0 Å². The zero-order valence-electron chi connectivity index (χ0n) is 24.6. The summed E-state index contributed by atoms with van der Waals surface area (Å²) in [5, 5.41) is 2.70. The fourth-order valence-electron chi connectivity index (χ4n) is 4.73. The number of anilines is 1. The Balaban J connectivity index is 1.77. The molecule has 8 nitrogen and oxygen atoms in total. The Bertz CT molecular complexity index is 1590. The topological polar surface area (TPSA) is 96.0 Å². The molecule has 0 saturated heterocycles. The van der Waals surface area contributed by atoms with Gasteiger partial charge in [-0.05, 0) is 61.4 Å². The lowest BCUT2D eigenvalue weighted by atomic mass is 10.0. The van der Waals surface area contributed by atoms with Gasteiger partial charge in [0.2, 0.25) is 11.8 Å². The lowest BCUT2D eigenvalue weighted by molar-refractivity contribution is -0.139. The van der Waals surface area contributed by atoms with Crippen LogP contribution in [0, 0.1) is 6.92 Å². The van der Waals surface area contributed by atoms with E-state index in [2.05, 4.69) is 5.32 Å². The molecule has 0 bridgehead atoms. The number of benzene rings is 4. The molecule has 0 aromatic heterocycles. The first-order valence-electron chi connectivity index (χ1n) is 14.1. The van der Waals surface area contributed by atoms with Gasteiger partial charge < -0.3 is 15.0 Å². The summed E-state index contributed by atoms with van der Waals surface area (Å²) in [5.74, 6) is -0.278. The highest BCUT2D eigenvalue weighted by molar-refractivity contribution is 7.92. The van der Waals surface area contributed by atoms with Crippen LogP contribution in [-0.2, 0) is 32.6 Å². The quantitative estimate of drug-likeness (QED) is 0.234. The van der Waals surface area contributed by atoms with E-state index in [0.29, 0.717) is 18.0 Å². The lowest BCUT2D eigenvalue weighted by Crippen LogP contribution is -2.53. The summed E-state index contributed by atoms with van der Waals surface area (Å²) in [5.41, 5.74) is 3.05. The summed E-state index contributed by atoms with van der Waals surface area (Å²) in [6, 6.07) is 30.8. The van der Waals surface area contributed by atoms with Gasteiger partial charge in [-0.15, -0.1) is 0 Å². The zero-order valence-corrected chi connectivity index (χ0v) is 25.5. The van der Waals surface area contributed by atoms with Crippen molar-refractivity contribution in [3.05, 3.63) is 126 Å². The van der Waals surface area contributed by atoms with Gasteiger partial charge in [0.1, 0.15) is 18.3 Å². The van der Waals surface area contributed by atoms with Crippen molar-refractivity contribution >= 4 is 27.5 Å². The molecule has 1 N–H and O–H groups in total. The summed E-state index contributed by atoms with van der Waals surface area (Å²) in [6.45, 7) is 3.89. The molecule has 1 unspecified atom stereocenters. The average molecular weight is 600 g/mol. The number of carbonyl (C=O) groups excluding carboxylic acids is 2. The first kappa shape index (κ1) is 31.3. The molecule has 2 amide bonds. The van der Waals surface area contributed by atoms with Gasteiger partial charge in [0.15, 0.2) is 0 Å². The number of nitrogens with one attached hydrogen (secondary N) is 1. The Morgan fingerprint density at radius 2 is 1.42 bits per heavy atom. The van der Waals surface area contributed by atoms with E-state index in [1.807, 2.05) is 68.4 Å². The van der Waals surface area contributed by atoms with E-state index in [-0.39, 0.29) is 23.8 Å². The van der Waals surface area contributed by atoms with Crippen LogP contribution in [0.5, 0.6) is 5.75 Å². The van der Waals surface area contributed by atoms with Gasteiger partial charge in [-0.2, -0.15) is 0 Å². The maximum absolute atomic E-state index is 14.3. The first-order valence-corrected chi connectivity index (χ1v) is 15.6. The zero-order chi connectivity index (χ0) is 30.8. The van der Waals surface area contributed by atoms with Gasteiger partial charge in [0.05, 0.1) is 17.2 Å². The van der Waals surface area contributed by atoms with Gasteiger partial charge in [-0.25, -0.2) is 8.42 Å². The van der Waals surface area contributed by atoms with Crippen LogP contribution in [0.15, 0.2) is 114 Å². The summed E-state index contributed by atoms with van der Waals surface area (Å²) >= 11 is 0. The highest BCUT2D eigenvalue weighted by Gasteiger charge is 2.34. The molecule has 4 aromatic rings. The van der Waals surface area contributed by atoms with Crippen LogP contribution >= 0.6 is 0 Å². The molecule has 224 valence electrons. The van der Waals surface area contributed by atoms with E-state index in [1.54, 1.807) is 42.5 Å². The van der Waals surface area contributed by atoms with Crippen molar-refractivity contribution < 1.29 is 22.7 Å². The molecule has 0 aliphatic rings.